The van der Waals surface area contributed by atoms with Crippen molar-refractivity contribution in [2.75, 3.05) is 31.1 Å². The summed E-state index contributed by atoms with van der Waals surface area (Å²) >= 11 is 0. The van der Waals surface area contributed by atoms with Gasteiger partial charge in [0.1, 0.15) is 0 Å². The summed E-state index contributed by atoms with van der Waals surface area (Å²) in [6.07, 6.45) is 2.75. The number of piperidine rings is 1. The van der Waals surface area contributed by atoms with Gasteiger partial charge in [0.15, 0.2) is 0 Å². The summed E-state index contributed by atoms with van der Waals surface area (Å²) in [5.74, 6) is 1.77. The summed E-state index contributed by atoms with van der Waals surface area (Å²) in [6.45, 7) is 7.24. The van der Waals surface area contributed by atoms with Crippen LogP contribution in [0.3, 0.4) is 0 Å². The summed E-state index contributed by atoms with van der Waals surface area (Å²) in [7, 11) is 0. The van der Waals surface area contributed by atoms with Gasteiger partial charge in [-0.05, 0) is 48.9 Å². The smallest absolute Gasteiger partial charge is 0.0366 e. The molecule has 2 heteroatoms. The molecular formula is C16H22N2. The lowest BCUT2D eigenvalue weighted by molar-refractivity contribution is 0.659. The van der Waals surface area contributed by atoms with E-state index in [4.69, 9.17) is 0 Å². The second kappa shape index (κ2) is 3.74. The molecule has 4 rings (SSSR count). The zero-order valence-electron chi connectivity index (χ0n) is 11.2. The number of hydrogen-bond acceptors (Lipinski definition) is 2. The van der Waals surface area contributed by atoms with E-state index in [1.54, 1.807) is 5.56 Å². The maximum Gasteiger partial charge on any atom is 0.0366 e. The molecule has 0 amide bonds. The fourth-order valence-electron chi connectivity index (χ4n) is 3.96. The van der Waals surface area contributed by atoms with Crippen molar-refractivity contribution in [2.45, 2.75) is 25.2 Å². The van der Waals surface area contributed by atoms with Gasteiger partial charge in [-0.25, -0.2) is 0 Å². The third-order valence-electron chi connectivity index (χ3n) is 5.29. The zero-order chi connectivity index (χ0) is 12.2. The average molecular weight is 242 g/mol. The summed E-state index contributed by atoms with van der Waals surface area (Å²) in [6, 6.07) is 9.45. The Morgan fingerprint density at radius 2 is 2.11 bits per heavy atom. The predicted octanol–water partition coefficient (Wildman–Crippen LogP) is 2.39. The van der Waals surface area contributed by atoms with E-state index in [2.05, 4.69) is 41.4 Å². The lowest BCUT2D eigenvalue weighted by Crippen LogP contribution is -2.20. The third-order valence-corrected chi connectivity index (χ3v) is 5.29. The highest BCUT2D eigenvalue weighted by molar-refractivity contribution is 5.51. The highest BCUT2D eigenvalue weighted by atomic mass is 15.1. The zero-order valence-corrected chi connectivity index (χ0v) is 11.2. The summed E-state index contributed by atoms with van der Waals surface area (Å²) in [5.41, 5.74) is 3.49. The standard InChI is InChI=1S/C16H22N2/c1-12-6-7-18(10-12)15-4-2-13(3-5-15)16-8-14(16)9-17-11-16/h2-5,12,14,17H,6-11H2,1H3. The second-order valence-corrected chi connectivity index (χ2v) is 6.57. The topological polar surface area (TPSA) is 15.3 Å². The lowest BCUT2D eigenvalue weighted by atomic mass is 9.95. The van der Waals surface area contributed by atoms with E-state index in [1.165, 1.54) is 44.7 Å². The van der Waals surface area contributed by atoms with Crippen molar-refractivity contribution in [1.82, 2.24) is 5.32 Å². The molecule has 2 heterocycles. The molecule has 96 valence electrons. The van der Waals surface area contributed by atoms with Crippen molar-refractivity contribution in [2.24, 2.45) is 11.8 Å². The molecular weight excluding hydrogens is 220 g/mol. The Labute approximate surface area is 109 Å². The van der Waals surface area contributed by atoms with Gasteiger partial charge in [0.2, 0.25) is 0 Å². The highest BCUT2D eigenvalue weighted by Crippen LogP contribution is 2.56. The third kappa shape index (κ3) is 1.51. The van der Waals surface area contributed by atoms with E-state index in [0.717, 1.165) is 11.8 Å². The van der Waals surface area contributed by atoms with Gasteiger partial charge in [-0.1, -0.05) is 19.1 Å². The van der Waals surface area contributed by atoms with Crippen LogP contribution in [0.2, 0.25) is 0 Å². The molecule has 3 fully saturated rings. The van der Waals surface area contributed by atoms with Crippen LogP contribution >= 0.6 is 0 Å². The van der Waals surface area contributed by atoms with Gasteiger partial charge in [0.25, 0.3) is 0 Å². The van der Waals surface area contributed by atoms with Gasteiger partial charge in [-0.15, -0.1) is 0 Å². The van der Waals surface area contributed by atoms with E-state index < -0.39 is 0 Å². The largest absolute Gasteiger partial charge is 0.371 e. The molecule has 2 saturated heterocycles. The molecule has 1 N–H and O–H groups in total. The summed E-state index contributed by atoms with van der Waals surface area (Å²) in [5, 5.41) is 3.53. The monoisotopic (exact) mass is 242 g/mol. The maximum absolute atomic E-state index is 3.53. The molecule has 3 unspecified atom stereocenters. The van der Waals surface area contributed by atoms with Gasteiger partial charge < -0.3 is 10.2 Å². The first-order valence-corrected chi connectivity index (χ1v) is 7.34. The van der Waals surface area contributed by atoms with E-state index >= 15 is 0 Å². The molecule has 0 bridgehead atoms. The van der Waals surface area contributed by atoms with Crippen LogP contribution < -0.4 is 10.2 Å². The van der Waals surface area contributed by atoms with Crippen molar-refractivity contribution in [3.8, 4) is 0 Å². The second-order valence-electron chi connectivity index (χ2n) is 6.57. The molecule has 3 aliphatic rings. The molecule has 1 saturated carbocycles. The number of hydrogen-bond donors (Lipinski definition) is 1. The molecule has 0 radical (unpaired) electrons. The number of nitrogens with zero attached hydrogens (tertiary/aromatic N) is 1. The van der Waals surface area contributed by atoms with Crippen molar-refractivity contribution in [1.29, 1.82) is 0 Å². The Kier molecular flexibility index (Phi) is 2.25. The van der Waals surface area contributed by atoms with Crippen LogP contribution in [0.5, 0.6) is 0 Å². The Morgan fingerprint density at radius 3 is 2.67 bits per heavy atom. The van der Waals surface area contributed by atoms with Gasteiger partial charge in [0.05, 0.1) is 0 Å². The van der Waals surface area contributed by atoms with Crippen molar-refractivity contribution >= 4 is 5.69 Å². The fraction of sp³-hybridized carbons (Fsp3) is 0.625. The van der Waals surface area contributed by atoms with Gasteiger partial charge in [0, 0.05) is 30.7 Å². The van der Waals surface area contributed by atoms with Crippen LogP contribution in [0.1, 0.15) is 25.3 Å². The van der Waals surface area contributed by atoms with E-state index in [9.17, 15) is 0 Å². The number of benzene rings is 1. The number of fused-ring (bicyclic) bond motifs is 1. The van der Waals surface area contributed by atoms with Crippen molar-refractivity contribution in [3.63, 3.8) is 0 Å². The predicted molar refractivity (Wildman–Crippen MR) is 75.1 cm³/mol. The quantitative estimate of drug-likeness (QED) is 0.856. The maximum atomic E-state index is 3.53. The molecule has 0 spiro atoms. The van der Waals surface area contributed by atoms with Crippen molar-refractivity contribution < 1.29 is 0 Å². The van der Waals surface area contributed by atoms with Crippen LogP contribution in [0.25, 0.3) is 0 Å². The lowest BCUT2D eigenvalue weighted by Gasteiger charge is -2.20. The molecule has 2 aliphatic heterocycles. The van der Waals surface area contributed by atoms with Gasteiger partial charge >= 0.3 is 0 Å². The van der Waals surface area contributed by atoms with Gasteiger partial charge in [-0.2, -0.15) is 0 Å². The number of rotatable bonds is 2. The van der Waals surface area contributed by atoms with Crippen LogP contribution in [0, 0.1) is 11.8 Å². The Morgan fingerprint density at radius 1 is 1.28 bits per heavy atom. The Bertz CT molecular complexity index is 453. The molecule has 18 heavy (non-hydrogen) atoms. The molecule has 1 aliphatic carbocycles. The fourth-order valence-corrected chi connectivity index (χ4v) is 3.96. The first kappa shape index (κ1) is 10.9. The van der Waals surface area contributed by atoms with E-state index in [1.807, 2.05) is 0 Å². The first-order chi connectivity index (χ1) is 8.78. The normalized spacial score (nSPS) is 37.9. The SMILES string of the molecule is CC1CCN(c2ccc(C34CNCC3C4)cc2)C1. The number of anilines is 1. The number of nitrogens with one attached hydrogen (secondary N) is 1. The van der Waals surface area contributed by atoms with Crippen LogP contribution in [-0.2, 0) is 5.41 Å². The van der Waals surface area contributed by atoms with Crippen LogP contribution in [-0.4, -0.2) is 26.2 Å². The summed E-state index contributed by atoms with van der Waals surface area (Å²) < 4.78 is 0. The molecule has 2 nitrogen and oxygen atoms in total. The Balaban J connectivity index is 1.55. The van der Waals surface area contributed by atoms with Crippen LogP contribution in [0.4, 0.5) is 5.69 Å². The molecule has 0 aromatic heterocycles. The van der Waals surface area contributed by atoms with Crippen LogP contribution in [0.15, 0.2) is 24.3 Å². The molecule has 1 aromatic rings. The van der Waals surface area contributed by atoms with E-state index in [-0.39, 0.29) is 0 Å². The highest BCUT2D eigenvalue weighted by Gasteiger charge is 2.57. The van der Waals surface area contributed by atoms with Gasteiger partial charge in [-0.3, -0.25) is 0 Å². The molecule has 1 aromatic carbocycles. The van der Waals surface area contributed by atoms with E-state index in [0.29, 0.717) is 5.41 Å². The minimum absolute atomic E-state index is 0.511. The molecule has 3 atom stereocenters. The minimum Gasteiger partial charge on any atom is -0.371 e. The first-order valence-electron chi connectivity index (χ1n) is 7.34. The average Bonchev–Trinajstić information content (AvgIpc) is 2.75. The van der Waals surface area contributed by atoms with Crippen molar-refractivity contribution in [3.05, 3.63) is 29.8 Å². The Hall–Kier alpha value is -1.02. The summed E-state index contributed by atoms with van der Waals surface area (Å²) in [4.78, 5) is 2.53. The minimum atomic E-state index is 0.511.